The van der Waals surface area contributed by atoms with Crippen molar-refractivity contribution >= 4 is 11.7 Å². The SMILES string of the molecule is Cc1ccn(-c2ccc(N3CCN(C(=O)CC4CCCC4)CC3)nn2)n1. The van der Waals surface area contributed by atoms with Crippen LogP contribution in [0.1, 0.15) is 37.8 Å². The van der Waals surface area contributed by atoms with Gasteiger partial charge in [-0.05, 0) is 43.9 Å². The molecule has 7 heteroatoms. The van der Waals surface area contributed by atoms with E-state index in [0.717, 1.165) is 44.1 Å². The van der Waals surface area contributed by atoms with E-state index in [-0.39, 0.29) is 0 Å². The smallest absolute Gasteiger partial charge is 0.222 e. The number of carbonyl (C=O) groups excluding carboxylic acids is 1. The van der Waals surface area contributed by atoms with E-state index in [1.54, 1.807) is 4.68 Å². The van der Waals surface area contributed by atoms with Crippen LogP contribution in [0.25, 0.3) is 5.82 Å². The summed E-state index contributed by atoms with van der Waals surface area (Å²) < 4.78 is 1.73. The number of hydrogen-bond acceptors (Lipinski definition) is 5. The molecule has 26 heavy (non-hydrogen) atoms. The van der Waals surface area contributed by atoms with Crippen LogP contribution in [0.2, 0.25) is 0 Å². The van der Waals surface area contributed by atoms with Gasteiger partial charge in [0.15, 0.2) is 11.6 Å². The highest BCUT2D eigenvalue weighted by Crippen LogP contribution is 2.28. The van der Waals surface area contributed by atoms with Crippen molar-refractivity contribution in [2.75, 3.05) is 31.1 Å². The Morgan fingerprint density at radius 1 is 1.04 bits per heavy atom. The van der Waals surface area contributed by atoms with Crippen molar-refractivity contribution in [3.8, 4) is 5.82 Å². The molecule has 2 aromatic rings. The van der Waals surface area contributed by atoms with E-state index >= 15 is 0 Å². The molecule has 2 fully saturated rings. The van der Waals surface area contributed by atoms with Gasteiger partial charge in [0, 0.05) is 38.8 Å². The Hall–Kier alpha value is -2.44. The summed E-state index contributed by atoms with van der Waals surface area (Å²) in [4.78, 5) is 16.7. The van der Waals surface area contributed by atoms with Gasteiger partial charge in [0.25, 0.3) is 0 Å². The highest BCUT2D eigenvalue weighted by molar-refractivity contribution is 5.76. The number of rotatable bonds is 4. The third-order valence-corrected chi connectivity index (χ3v) is 5.49. The largest absolute Gasteiger partial charge is 0.352 e. The lowest BCUT2D eigenvalue weighted by molar-refractivity contribution is -0.132. The van der Waals surface area contributed by atoms with Crippen molar-refractivity contribution in [3.05, 3.63) is 30.1 Å². The lowest BCUT2D eigenvalue weighted by Gasteiger charge is -2.35. The second-order valence-electron chi connectivity index (χ2n) is 7.37. The molecule has 1 saturated carbocycles. The predicted molar refractivity (Wildman–Crippen MR) is 99.3 cm³/mol. The summed E-state index contributed by atoms with van der Waals surface area (Å²) in [6, 6.07) is 5.86. The van der Waals surface area contributed by atoms with Gasteiger partial charge < -0.3 is 9.80 Å². The van der Waals surface area contributed by atoms with Gasteiger partial charge in [0.2, 0.25) is 5.91 Å². The lowest BCUT2D eigenvalue weighted by atomic mass is 10.0. The van der Waals surface area contributed by atoms with E-state index in [9.17, 15) is 4.79 Å². The third kappa shape index (κ3) is 3.71. The van der Waals surface area contributed by atoms with Crippen molar-refractivity contribution in [1.82, 2.24) is 24.9 Å². The van der Waals surface area contributed by atoms with E-state index < -0.39 is 0 Å². The van der Waals surface area contributed by atoms with E-state index in [0.29, 0.717) is 17.6 Å². The molecule has 1 aliphatic carbocycles. The Morgan fingerprint density at radius 2 is 1.73 bits per heavy atom. The van der Waals surface area contributed by atoms with Crippen LogP contribution in [-0.4, -0.2) is 57.0 Å². The van der Waals surface area contributed by atoms with Crippen LogP contribution in [0, 0.1) is 12.8 Å². The van der Waals surface area contributed by atoms with E-state index in [1.165, 1.54) is 25.7 Å². The summed E-state index contributed by atoms with van der Waals surface area (Å²) in [6.07, 6.45) is 7.65. The van der Waals surface area contributed by atoms with Crippen molar-refractivity contribution in [1.29, 1.82) is 0 Å². The quantitative estimate of drug-likeness (QED) is 0.842. The molecule has 0 unspecified atom stereocenters. The molecule has 7 nitrogen and oxygen atoms in total. The van der Waals surface area contributed by atoms with Crippen LogP contribution < -0.4 is 4.90 Å². The second kappa shape index (κ2) is 7.43. The monoisotopic (exact) mass is 354 g/mol. The van der Waals surface area contributed by atoms with Crippen molar-refractivity contribution in [2.45, 2.75) is 39.0 Å². The van der Waals surface area contributed by atoms with E-state index in [4.69, 9.17) is 0 Å². The minimum absolute atomic E-state index is 0.326. The van der Waals surface area contributed by atoms with Crippen molar-refractivity contribution in [2.24, 2.45) is 5.92 Å². The van der Waals surface area contributed by atoms with Gasteiger partial charge >= 0.3 is 0 Å². The fraction of sp³-hybridized carbons (Fsp3) is 0.579. The molecule has 0 radical (unpaired) electrons. The van der Waals surface area contributed by atoms with Crippen molar-refractivity contribution in [3.63, 3.8) is 0 Å². The Bertz CT molecular complexity index is 742. The molecular weight excluding hydrogens is 328 g/mol. The van der Waals surface area contributed by atoms with Gasteiger partial charge in [0.1, 0.15) is 0 Å². The third-order valence-electron chi connectivity index (χ3n) is 5.49. The summed E-state index contributed by atoms with van der Waals surface area (Å²) in [7, 11) is 0. The number of carbonyl (C=O) groups is 1. The number of nitrogens with zero attached hydrogens (tertiary/aromatic N) is 6. The summed E-state index contributed by atoms with van der Waals surface area (Å²) in [5, 5.41) is 13.0. The molecule has 0 bridgehead atoms. The molecule has 138 valence electrons. The zero-order valence-corrected chi connectivity index (χ0v) is 15.3. The number of amides is 1. The standard InChI is InChI=1S/C19H26N6O/c1-15-8-9-25(22-15)18-7-6-17(20-21-18)23-10-12-24(13-11-23)19(26)14-16-4-2-3-5-16/h6-9,16H,2-5,10-14H2,1H3. The zero-order valence-electron chi connectivity index (χ0n) is 15.3. The average Bonchev–Trinajstić information content (AvgIpc) is 3.34. The number of hydrogen-bond donors (Lipinski definition) is 0. The number of piperazine rings is 1. The molecule has 1 amide bonds. The number of aryl methyl sites for hydroxylation is 1. The Balaban J connectivity index is 1.32. The second-order valence-corrected chi connectivity index (χ2v) is 7.37. The first-order chi connectivity index (χ1) is 12.7. The summed E-state index contributed by atoms with van der Waals surface area (Å²) in [5.41, 5.74) is 0.953. The van der Waals surface area contributed by atoms with Gasteiger partial charge in [-0.25, -0.2) is 4.68 Å². The van der Waals surface area contributed by atoms with Gasteiger partial charge in [-0.3, -0.25) is 4.79 Å². The Labute approximate surface area is 154 Å². The van der Waals surface area contributed by atoms with Crippen LogP contribution in [0.4, 0.5) is 5.82 Å². The highest BCUT2D eigenvalue weighted by atomic mass is 16.2. The molecule has 0 N–H and O–H groups in total. The molecule has 4 rings (SSSR count). The van der Waals surface area contributed by atoms with Crippen LogP contribution in [0.3, 0.4) is 0 Å². The fourth-order valence-electron chi connectivity index (χ4n) is 3.93. The first-order valence-corrected chi connectivity index (χ1v) is 9.58. The lowest BCUT2D eigenvalue weighted by Crippen LogP contribution is -2.49. The number of aromatic nitrogens is 4. The van der Waals surface area contributed by atoms with Gasteiger partial charge in [-0.2, -0.15) is 5.10 Å². The molecule has 2 aromatic heterocycles. The molecule has 1 saturated heterocycles. The van der Waals surface area contributed by atoms with Crippen LogP contribution in [0.15, 0.2) is 24.4 Å². The number of anilines is 1. The van der Waals surface area contributed by atoms with Crippen LogP contribution >= 0.6 is 0 Å². The summed E-state index contributed by atoms with van der Waals surface area (Å²) in [6.45, 7) is 5.11. The highest BCUT2D eigenvalue weighted by Gasteiger charge is 2.25. The first-order valence-electron chi connectivity index (χ1n) is 9.58. The maximum Gasteiger partial charge on any atom is 0.222 e. The zero-order chi connectivity index (χ0) is 17.9. The average molecular weight is 354 g/mol. The molecule has 0 atom stereocenters. The summed E-state index contributed by atoms with van der Waals surface area (Å²) >= 11 is 0. The molecule has 1 aliphatic heterocycles. The van der Waals surface area contributed by atoms with Gasteiger partial charge in [-0.1, -0.05) is 12.8 Å². The van der Waals surface area contributed by atoms with Gasteiger partial charge in [0.05, 0.1) is 5.69 Å². The topological polar surface area (TPSA) is 67.2 Å². The first kappa shape index (κ1) is 17.0. The minimum Gasteiger partial charge on any atom is -0.352 e. The molecule has 0 spiro atoms. The minimum atomic E-state index is 0.326. The van der Waals surface area contributed by atoms with Crippen LogP contribution in [-0.2, 0) is 4.79 Å². The maximum absolute atomic E-state index is 12.5. The Morgan fingerprint density at radius 3 is 2.35 bits per heavy atom. The normalized spacial score (nSPS) is 18.5. The van der Waals surface area contributed by atoms with E-state index in [1.807, 2.05) is 36.2 Å². The summed E-state index contributed by atoms with van der Waals surface area (Å²) in [5.74, 6) is 2.52. The molecular formula is C19H26N6O. The van der Waals surface area contributed by atoms with Crippen molar-refractivity contribution < 1.29 is 4.79 Å². The fourth-order valence-corrected chi connectivity index (χ4v) is 3.93. The van der Waals surface area contributed by atoms with E-state index in [2.05, 4.69) is 20.2 Å². The molecule has 0 aromatic carbocycles. The molecule has 3 heterocycles. The van der Waals surface area contributed by atoms with Gasteiger partial charge in [-0.15, -0.1) is 10.2 Å². The van der Waals surface area contributed by atoms with Crippen LogP contribution in [0.5, 0.6) is 0 Å². The Kier molecular flexibility index (Phi) is 4.86. The molecule has 2 aliphatic rings. The predicted octanol–water partition coefficient (Wildman–Crippen LogP) is 2.20. The maximum atomic E-state index is 12.5.